The molecule has 0 atom stereocenters. The molecule has 0 spiro atoms. The van der Waals surface area contributed by atoms with Crippen LogP contribution in [0.15, 0.2) is 16.8 Å². The van der Waals surface area contributed by atoms with E-state index in [2.05, 4.69) is 24.9 Å². The van der Waals surface area contributed by atoms with Gasteiger partial charge in [-0.3, -0.25) is 4.99 Å². The summed E-state index contributed by atoms with van der Waals surface area (Å²) in [5.41, 5.74) is 1.24. The molecule has 0 unspecified atom stereocenters. The molecule has 0 aromatic rings. The molecule has 0 aromatic carbocycles. The first-order valence-corrected chi connectivity index (χ1v) is 6.99. The van der Waals surface area contributed by atoms with Gasteiger partial charge in [0.15, 0.2) is 0 Å². The lowest BCUT2D eigenvalue weighted by molar-refractivity contribution is 0.574. The van der Waals surface area contributed by atoms with Crippen molar-refractivity contribution in [3.8, 4) is 0 Å². The summed E-state index contributed by atoms with van der Waals surface area (Å²) in [6.45, 7) is 6.33. The molecule has 0 N–H and O–H groups in total. The Hall–Kier alpha value is -0.590. The maximum atomic E-state index is 4.34. The van der Waals surface area contributed by atoms with Gasteiger partial charge in [-0.15, -0.1) is 0 Å². The molecule has 0 bridgehead atoms. The van der Waals surface area contributed by atoms with Crippen LogP contribution in [0.1, 0.15) is 78.6 Å². The molecule has 0 fully saturated rings. The molecule has 0 saturated carbocycles. The van der Waals surface area contributed by atoms with E-state index in [1.807, 2.05) is 13.1 Å². The van der Waals surface area contributed by atoms with Gasteiger partial charge in [0.05, 0.1) is 0 Å². The van der Waals surface area contributed by atoms with Crippen LogP contribution in [0.3, 0.4) is 0 Å². The predicted octanol–water partition coefficient (Wildman–Crippen LogP) is 5.51. The topological polar surface area (TPSA) is 12.4 Å². The van der Waals surface area contributed by atoms with Gasteiger partial charge >= 0.3 is 0 Å². The first kappa shape index (κ1) is 15.4. The largest absolute Gasteiger partial charge is 0.266 e. The van der Waals surface area contributed by atoms with Crippen LogP contribution in [-0.2, 0) is 0 Å². The van der Waals surface area contributed by atoms with Crippen molar-refractivity contribution in [2.75, 3.05) is 0 Å². The van der Waals surface area contributed by atoms with Crippen molar-refractivity contribution >= 4 is 6.21 Å². The van der Waals surface area contributed by atoms with E-state index in [-0.39, 0.29) is 0 Å². The second-order valence-electron chi connectivity index (χ2n) is 4.39. The van der Waals surface area contributed by atoms with E-state index in [4.69, 9.17) is 0 Å². The standard InChI is InChI=1S/C15H29N/c1-4-7-8-9-10-11-12-13-14-15(5-2)16-6-3/h5-6H,4,7-14H2,1-3H3/b15-5+,16-6?. The summed E-state index contributed by atoms with van der Waals surface area (Å²) in [6, 6.07) is 0. The lowest BCUT2D eigenvalue weighted by Crippen LogP contribution is -1.83. The summed E-state index contributed by atoms with van der Waals surface area (Å²) < 4.78 is 0. The number of unbranched alkanes of at least 4 members (excludes halogenated alkanes) is 7. The highest BCUT2D eigenvalue weighted by Crippen LogP contribution is 2.13. The summed E-state index contributed by atoms with van der Waals surface area (Å²) in [5.74, 6) is 0. The lowest BCUT2D eigenvalue weighted by atomic mass is 10.1. The summed E-state index contributed by atoms with van der Waals surface area (Å²) in [4.78, 5) is 4.34. The minimum atomic E-state index is 1.15. The third-order valence-electron chi connectivity index (χ3n) is 2.91. The Labute approximate surface area is 102 Å². The number of aliphatic imine (C=N–C) groups is 1. The van der Waals surface area contributed by atoms with Gasteiger partial charge in [-0.1, -0.05) is 57.9 Å². The fourth-order valence-electron chi connectivity index (χ4n) is 1.89. The summed E-state index contributed by atoms with van der Waals surface area (Å²) in [5, 5.41) is 0. The van der Waals surface area contributed by atoms with Gasteiger partial charge in [0, 0.05) is 11.9 Å². The Kier molecular flexibility index (Phi) is 12.0. The third kappa shape index (κ3) is 9.95. The second kappa shape index (κ2) is 12.5. The van der Waals surface area contributed by atoms with Crippen molar-refractivity contribution in [2.45, 2.75) is 78.6 Å². The SMILES string of the molecule is CC=N/C(=C/C)CCCCCCCCCC. The molecular formula is C15H29N. The maximum absolute atomic E-state index is 4.34. The van der Waals surface area contributed by atoms with Crippen LogP contribution in [0.4, 0.5) is 0 Å². The number of allylic oxidation sites excluding steroid dienone is 2. The Bertz CT molecular complexity index is 192. The molecule has 0 heterocycles. The monoisotopic (exact) mass is 223 g/mol. The molecule has 0 aromatic heterocycles. The molecule has 1 nitrogen and oxygen atoms in total. The highest BCUT2D eigenvalue weighted by Gasteiger charge is 1.94. The number of rotatable bonds is 10. The van der Waals surface area contributed by atoms with E-state index < -0.39 is 0 Å². The highest BCUT2D eigenvalue weighted by atomic mass is 14.7. The lowest BCUT2D eigenvalue weighted by Gasteiger charge is -2.02. The average molecular weight is 223 g/mol. The average Bonchev–Trinajstić information content (AvgIpc) is 2.31. The zero-order valence-electron chi connectivity index (χ0n) is 11.5. The summed E-state index contributed by atoms with van der Waals surface area (Å²) >= 11 is 0. The van der Waals surface area contributed by atoms with Gasteiger partial charge in [0.2, 0.25) is 0 Å². The summed E-state index contributed by atoms with van der Waals surface area (Å²) in [6.07, 6.45) is 16.3. The molecule has 0 aliphatic rings. The Morgan fingerprint density at radius 2 is 1.44 bits per heavy atom. The van der Waals surface area contributed by atoms with E-state index in [0.29, 0.717) is 0 Å². The van der Waals surface area contributed by atoms with Crippen LogP contribution in [0.25, 0.3) is 0 Å². The third-order valence-corrected chi connectivity index (χ3v) is 2.91. The number of hydrogen-bond donors (Lipinski definition) is 0. The van der Waals surface area contributed by atoms with E-state index in [1.54, 1.807) is 0 Å². The van der Waals surface area contributed by atoms with Crippen molar-refractivity contribution in [1.29, 1.82) is 0 Å². The molecule has 1 heteroatoms. The van der Waals surface area contributed by atoms with Crippen molar-refractivity contribution in [3.63, 3.8) is 0 Å². The van der Waals surface area contributed by atoms with Crippen molar-refractivity contribution in [3.05, 3.63) is 11.8 Å². The fourth-order valence-corrected chi connectivity index (χ4v) is 1.89. The van der Waals surface area contributed by atoms with Crippen molar-refractivity contribution in [1.82, 2.24) is 0 Å². The first-order chi connectivity index (χ1) is 7.85. The van der Waals surface area contributed by atoms with Crippen LogP contribution in [0.5, 0.6) is 0 Å². The van der Waals surface area contributed by atoms with Gasteiger partial charge in [0.1, 0.15) is 0 Å². The minimum Gasteiger partial charge on any atom is -0.266 e. The first-order valence-electron chi connectivity index (χ1n) is 6.99. The number of hydrogen-bond acceptors (Lipinski definition) is 1. The van der Waals surface area contributed by atoms with Crippen LogP contribution >= 0.6 is 0 Å². The van der Waals surface area contributed by atoms with Gasteiger partial charge in [-0.05, 0) is 26.7 Å². The fraction of sp³-hybridized carbons (Fsp3) is 0.800. The van der Waals surface area contributed by atoms with Crippen molar-refractivity contribution < 1.29 is 0 Å². The van der Waals surface area contributed by atoms with Gasteiger partial charge in [-0.2, -0.15) is 0 Å². The van der Waals surface area contributed by atoms with Gasteiger partial charge in [-0.25, -0.2) is 0 Å². The molecule has 0 saturated heterocycles. The Morgan fingerprint density at radius 3 is 1.94 bits per heavy atom. The zero-order valence-corrected chi connectivity index (χ0v) is 11.5. The van der Waals surface area contributed by atoms with E-state index in [1.165, 1.54) is 57.1 Å². The zero-order chi connectivity index (χ0) is 12.1. The van der Waals surface area contributed by atoms with Gasteiger partial charge < -0.3 is 0 Å². The van der Waals surface area contributed by atoms with Gasteiger partial charge in [0.25, 0.3) is 0 Å². The summed E-state index contributed by atoms with van der Waals surface area (Å²) in [7, 11) is 0. The second-order valence-corrected chi connectivity index (χ2v) is 4.39. The normalized spacial score (nSPS) is 12.6. The van der Waals surface area contributed by atoms with Crippen molar-refractivity contribution in [2.24, 2.45) is 4.99 Å². The molecule has 0 aliphatic heterocycles. The predicted molar refractivity (Wildman–Crippen MR) is 75.2 cm³/mol. The molecule has 0 aliphatic carbocycles. The molecular weight excluding hydrogens is 194 g/mol. The van der Waals surface area contributed by atoms with E-state index in [0.717, 1.165) is 6.42 Å². The minimum absolute atomic E-state index is 1.15. The maximum Gasteiger partial charge on any atom is 0.0356 e. The van der Waals surface area contributed by atoms with Crippen LogP contribution in [-0.4, -0.2) is 6.21 Å². The highest BCUT2D eigenvalue weighted by molar-refractivity contribution is 5.55. The van der Waals surface area contributed by atoms with Crippen LogP contribution < -0.4 is 0 Å². The number of nitrogens with zero attached hydrogens (tertiary/aromatic N) is 1. The van der Waals surface area contributed by atoms with E-state index in [9.17, 15) is 0 Å². The van der Waals surface area contributed by atoms with Crippen LogP contribution in [0, 0.1) is 0 Å². The smallest absolute Gasteiger partial charge is 0.0356 e. The Balaban J connectivity index is 3.26. The Morgan fingerprint density at radius 1 is 0.875 bits per heavy atom. The molecule has 94 valence electrons. The molecule has 0 amide bonds. The molecule has 0 radical (unpaired) electrons. The van der Waals surface area contributed by atoms with E-state index >= 15 is 0 Å². The molecule has 16 heavy (non-hydrogen) atoms. The van der Waals surface area contributed by atoms with Crippen LogP contribution in [0.2, 0.25) is 0 Å². The quantitative estimate of drug-likeness (QED) is 0.342. The molecule has 0 rings (SSSR count).